The smallest absolute Gasteiger partial charge is 0.226 e. The van der Waals surface area contributed by atoms with Gasteiger partial charge >= 0.3 is 0 Å². The van der Waals surface area contributed by atoms with E-state index in [2.05, 4.69) is 70.8 Å². The molecule has 34 heavy (non-hydrogen) atoms. The number of likely N-dealkylation sites (tertiary alicyclic amines) is 1. The number of hydrogen-bond donors (Lipinski definition) is 1. The summed E-state index contributed by atoms with van der Waals surface area (Å²) in [6.45, 7) is 14.9. The summed E-state index contributed by atoms with van der Waals surface area (Å²) in [5.74, 6) is -0.159. The zero-order chi connectivity index (χ0) is 25.3. The van der Waals surface area contributed by atoms with Crippen LogP contribution in [0.1, 0.15) is 72.1 Å². The fourth-order valence-electron chi connectivity index (χ4n) is 4.77. The lowest BCUT2D eigenvalue weighted by Gasteiger charge is -2.38. The van der Waals surface area contributed by atoms with Crippen LogP contribution in [0.4, 0.5) is 0 Å². The lowest BCUT2D eigenvalue weighted by molar-refractivity contribution is -0.145. The van der Waals surface area contributed by atoms with E-state index in [1.807, 2.05) is 12.4 Å². The zero-order valence-corrected chi connectivity index (χ0v) is 22.5. The highest BCUT2D eigenvalue weighted by atomic mass is 32.1. The highest BCUT2D eigenvalue weighted by molar-refractivity contribution is 7.13. The Morgan fingerprint density at radius 3 is 2.32 bits per heavy atom. The Labute approximate surface area is 208 Å². The van der Waals surface area contributed by atoms with Crippen molar-refractivity contribution in [3.05, 3.63) is 41.0 Å². The summed E-state index contributed by atoms with van der Waals surface area (Å²) in [6.07, 6.45) is 1.42. The normalized spacial score (nSPS) is 19.9. The van der Waals surface area contributed by atoms with Gasteiger partial charge in [0.05, 0.1) is 28.2 Å². The molecule has 1 aromatic carbocycles. The van der Waals surface area contributed by atoms with Gasteiger partial charge in [-0.3, -0.25) is 9.59 Å². The molecule has 0 radical (unpaired) electrons. The predicted octanol–water partition coefficient (Wildman–Crippen LogP) is 5.68. The maximum absolute atomic E-state index is 13.6. The van der Waals surface area contributed by atoms with Gasteiger partial charge in [-0.1, -0.05) is 65.8 Å². The number of hydrogen-bond acceptors (Lipinski definition) is 5. The molecule has 2 aromatic rings. The van der Waals surface area contributed by atoms with Gasteiger partial charge in [-0.05, 0) is 41.7 Å². The minimum atomic E-state index is -0.643. The van der Waals surface area contributed by atoms with Crippen LogP contribution in [0.3, 0.4) is 0 Å². The molecule has 3 atom stereocenters. The third kappa shape index (κ3) is 6.54. The first-order valence-corrected chi connectivity index (χ1v) is 13.1. The van der Waals surface area contributed by atoms with E-state index in [1.54, 1.807) is 16.2 Å². The van der Waals surface area contributed by atoms with Gasteiger partial charge in [0.1, 0.15) is 0 Å². The van der Waals surface area contributed by atoms with Crippen LogP contribution in [0.5, 0.6) is 0 Å². The lowest BCUT2D eigenvalue weighted by Crippen LogP contribution is -2.47. The molecule has 5 nitrogen and oxygen atoms in total. The number of nitrogens with zero attached hydrogens (tertiary/aromatic N) is 2. The number of aryl methyl sites for hydroxylation is 2. The minimum absolute atomic E-state index is 0.00149. The number of rotatable bonds is 7. The van der Waals surface area contributed by atoms with Crippen molar-refractivity contribution in [2.24, 2.45) is 16.7 Å². The van der Waals surface area contributed by atoms with Gasteiger partial charge in [-0.25, -0.2) is 4.98 Å². The van der Waals surface area contributed by atoms with E-state index in [0.29, 0.717) is 19.3 Å². The van der Waals surface area contributed by atoms with Crippen LogP contribution < -0.4 is 0 Å². The Bertz CT molecular complexity index is 998. The number of Topliss-reactive ketones (excluding diaryl/α,β-unsaturated/α-hetero) is 1. The van der Waals surface area contributed by atoms with Gasteiger partial charge in [-0.2, -0.15) is 0 Å². The quantitative estimate of drug-likeness (QED) is 0.549. The second-order valence-electron chi connectivity index (χ2n) is 12.0. The number of benzene rings is 1. The largest absolute Gasteiger partial charge is 0.391 e. The van der Waals surface area contributed by atoms with Gasteiger partial charge in [0, 0.05) is 25.3 Å². The monoisotopic (exact) mass is 484 g/mol. The molecule has 0 aliphatic carbocycles. The van der Waals surface area contributed by atoms with Gasteiger partial charge in [-0.15, -0.1) is 11.3 Å². The number of aliphatic hydroxyl groups excluding tert-OH is 1. The molecule has 1 aliphatic rings. The first-order chi connectivity index (χ1) is 15.8. The first kappa shape index (κ1) is 26.6. The van der Waals surface area contributed by atoms with Crippen molar-refractivity contribution in [2.75, 3.05) is 6.54 Å². The van der Waals surface area contributed by atoms with Crippen molar-refractivity contribution < 1.29 is 14.7 Å². The third-order valence-electron chi connectivity index (χ3n) is 6.72. The molecule has 1 N–H and O–H groups in total. The van der Waals surface area contributed by atoms with Gasteiger partial charge < -0.3 is 10.0 Å². The Kier molecular flexibility index (Phi) is 8.03. The number of ketones is 1. The van der Waals surface area contributed by atoms with E-state index < -0.39 is 12.1 Å². The van der Waals surface area contributed by atoms with E-state index in [4.69, 9.17) is 0 Å². The number of aliphatic hydroxyl groups is 1. The molecule has 1 unspecified atom stereocenters. The molecular weight excluding hydrogens is 444 g/mol. The van der Waals surface area contributed by atoms with Crippen molar-refractivity contribution in [3.63, 3.8) is 0 Å². The van der Waals surface area contributed by atoms with E-state index in [0.717, 1.165) is 23.2 Å². The second-order valence-corrected chi connectivity index (χ2v) is 12.9. The summed E-state index contributed by atoms with van der Waals surface area (Å²) in [5, 5.41) is 10.4. The highest BCUT2D eigenvalue weighted by Gasteiger charge is 2.44. The van der Waals surface area contributed by atoms with Crippen LogP contribution in [0, 0.1) is 23.7 Å². The van der Waals surface area contributed by atoms with E-state index in [-0.39, 0.29) is 35.0 Å². The Morgan fingerprint density at radius 2 is 1.79 bits per heavy atom. The summed E-state index contributed by atoms with van der Waals surface area (Å²) in [6, 6.07) is 7.75. The molecule has 186 valence electrons. The van der Waals surface area contributed by atoms with Crippen LogP contribution in [0.25, 0.3) is 10.4 Å². The minimum Gasteiger partial charge on any atom is -0.391 e. The maximum Gasteiger partial charge on any atom is 0.226 e. The van der Waals surface area contributed by atoms with Crippen LogP contribution in [0.2, 0.25) is 0 Å². The summed E-state index contributed by atoms with van der Waals surface area (Å²) in [7, 11) is 0. The van der Waals surface area contributed by atoms with Gasteiger partial charge in [0.15, 0.2) is 5.78 Å². The summed E-state index contributed by atoms with van der Waals surface area (Å²) >= 11 is 1.63. The predicted molar refractivity (Wildman–Crippen MR) is 139 cm³/mol. The zero-order valence-electron chi connectivity index (χ0n) is 21.7. The Balaban J connectivity index is 1.68. The molecule has 0 bridgehead atoms. The molecule has 1 aliphatic heterocycles. The molecule has 1 amide bonds. The van der Waals surface area contributed by atoms with Crippen LogP contribution in [-0.4, -0.2) is 45.4 Å². The molecule has 1 saturated heterocycles. The fraction of sp³-hybridized carbons (Fsp3) is 0.607. The Morgan fingerprint density at radius 1 is 1.15 bits per heavy atom. The van der Waals surface area contributed by atoms with Crippen LogP contribution in [-0.2, 0) is 16.0 Å². The second kappa shape index (κ2) is 10.3. The third-order valence-corrected chi connectivity index (χ3v) is 7.69. The molecule has 6 heteroatoms. The molecular formula is C28H40N2O3S. The molecule has 3 rings (SSSR count). The van der Waals surface area contributed by atoms with Crippen molar-refractivity contribution in [2.45, 2.75) is 86.3 Å². The number of β-amino-alcohol motifs (C(OH)–C–C–N with tert-alkyl or cyclic N) is 1. The maximum atomic E-state index is 13.6. The highest BCUT2D eigenvalue weighted by Crippen LogP contribution is 2.39. The van der Waals surface area contributed by atoms with Crippen LogP contribution in [0.15, 0.2) is 29.8 Å². The summed E-state index contributed by atoms with van der Waals surface area (Å²) < 4.78 is 0. The molecule has 0 spiro atoms. The molecule has 0 saturated carbocycles. The van der Waals surface area contributed by atoms with E-state index >= 15 is 0 Å². The first-order valence-electron chi connectivity index (χ1n) is 12.3. The molecule has 1 aromatic heterocycles. The number of amides is 1. The average molecular weight is 485 g/mol. The SMILES string of the molecule is Cc1ncsc1-c1ccc(CCC(=O)C2C[C@@H](O)CN2C(=O)[C@@H](CC(C)(C)C)C(C)(C)C)cc1. The molecule has 1 fully saturated rings. The Hall–Kier alpha value is -2.05. The average Bonchev–Trinajstić information content (AvgIpc) is 3.34. The topological polar surface area (TPSA) is 70.5 Å². The van der Waals surface area contributed by atoms with Gasteiger partial charge in [0.2, 0.25) is 5.91 Å². The summed E-state index contributed by atoms with van der Waals surface area (Å²) in [5.41, 5.74) is 4.89. The fourth-order valence-corrected chi connectivity index (χ4v) is 5.59. The van der Waals surface area contributed by atoms with E-state index in [1.165, 1.54) is 4.88 Å². The van der Waals surface area contributed by atoms with Crippen molar-refractivity contribution in [3.8, 4) is 10.4 Å². The molecule has 2 heterocycles. The lowest BCUT2D eigenvalue weighted by atomic mass is 9.71. The number of carbonyl (C=O) groups is 2. The standard InChI is InChI=1S/C28H40N2O3S/c1-18-25(34-17-29-18)20-11-8-19(9-12-20)10-13-24(32)23-14-21(31)16-30(23)26(33)22(28(5,6)7)15-27(2,3)4/h8-9,11-12,17,21-23,31H,10,13-16H2,1-7H3/t21-,22-,23?/m1/s1. The van der Waals surface area contributed by atoms with Crippen molar-refractivity contribution in [1.29, 1.82) is 0 Å². The van der Waals surface area contributed by atoms with Gasteiger partial charge in [0.25, 0.3) is 0 Å². The van der Waals surface area contributed by atoms with Crippen molar-refractivity contribution in [1.82, 2.24) is 9.88 Å². The van der Waals surface area contributed by atoms with E-state index in [9.17, 15) is 14.7 Å². The number of carbonyl (C=O) groups excluding carboxylic acids is 2. The summed E-state index contributed by atoms with van der Waals surface area (Å²) in [4.78, 5) is 34.0. The van der Waals surface area contributed by atoms with Crippen LogP contribution >= 0.6 is 11.3 Å². The number of thiazole rings is 1. The van der Waals surface area contributed by atoms with Crippen molar-refractivity contribution >= 4 is 23.0 Å². The number of aromatic nitrogens is 1.